The Labute approximate surface area is 286 Å². The van der Waals surface area contributed by atoms with Gasteiger partial charge in [-0.25, -0.2) is 29.9 Å². The van der Waals surface area contributed by atoms with Crippen molar-refractivity contribution in [3.63, 3.8) is 0 Å². The third kappa shape index (κ3) is 4.55. The number of rotatable bonds is 2. The number of benzene rings is 4. The van der Waals surface area contributed by atoms with E-state index in [-0.39, 0.29) is 46.3 Å². The molecular formula is C33H19CoN8NaO2. The van der Waals surface area contributed by atoms with Crippen molar-refractivity contribution in [2.24, 2.45) is 0 Å². The number of aromatic nitrogens is 8. The molecule has 7 aromatic rings. The SMILES string of the molecule is O=COc1cccc2c3nc4nc(nc5[nH]c(nc6nc(nc([nH]3)c12)-c1ccccc1-6)c1ccccc51)-c1ccccc1-4.[Co].[NaH]. The van der Waals surface area contributed by atoms with Gasteiger partial charge in [-0.1, -0.05) is 84.9 Å². The summed E-state index contributed by atoms with van der Waals surface area (Å²) in [7, 11) is 0. The zero-order valence-electron chi connectivity index (χ0n) is 22.6. The first kappa shape index (κ1) is 29.0. The van der Waals surface area contributed by atoms with Crippen molar-refractivity contribution in [1.29, 1.82) is 0 Å². The Morgan fingerprint density at radius 2 is 0.889 bits per heavy atom. The van der Waals surface area contributed by atoms with Gasteiger partial charge in [0.25, 0.3) is 6.47 Å². The summed E-state index contributed by atoms with van der Waals surface area (Å²) in [6, 6.07) is 29.1. The molecule has 12 heteroatoms. The van der Waals surface area contributed by atoms with E-state index < -0.39 is 0 Å². The molecule has 0 atom stereocenters. The van der Waals surface area contributed by atoms with Crippen LogP contribution in [0.4, 0.5) is 0 Å². The van der Waals surface area contributed by atoms with Gasteiger partial charge in [-0.2, -0.15) is 0 Å². The van der Waals surface area contributed by atoms with E-state index in [1.807, 2.05) is 78.9 Å². The molecule has 2 aliphatic heterocycles. The van der Waals surface area contributed by atoms with Crippen LogP contribution in [-0.4, -0.2) is 75.9 Å². The van der Waals surface area contributed by atoms with Gasteiger partial charge < -0.3 is 14.7 Å². The Balaban J connectivity index is 0.00000163. The summed E-state index contributed by atoms with van der Waals surface area (Å²) in [5, 5.41) is 3.14. The summed E-state index contributed by atoms with van der Waals surface area (Å²) in [5.74, 6) is 2.37. The van der Waals surface area contributed by atoms with Crippen molar-refractivity contribution in [3.05, 3.63) is 91.0 Å². The van der Waals surface area contributed by atoms with E-state index in [9.17, 15) is 4.79 Å². The van der Waals surface area contributed by atoms with Crippen molar-refractivity contribution in [1.82, 2.24) is 39.9 Å². The van der Waals surface area contributed by atoms with E-state index in [1.165, 1.54) is 0 Å². The van der Waals surface area contributed by atoms with Gasteiger partial charge in [0.2, 0.25) is 0 Å². The fourth-order valence-electron chi connectivity index (χ4n) is 5.81. The number of hydrogen-bond acceptors (Lipinski definition) is 8. The van der Waals surface area contributed by atoms with E-state index in [4.69, 9.17) is 34.6 Å². The number of carbonyl (C=O) groups is 1. The van der Waals surface area contributed by atoms with Crippen LogP contribution in [0, 0.1) is 0 Å². The fraction of sp³-hybridized carbons (Fsp3) is 0. The van der Waals surface area contributed by atoms with Gasteiger partial charge in [-0.3, -0.25) is 4.79 Å². The Morgan fingerprint density at radius 1 is 0.489 bits per heavy atom. The van der Waals surface area contributed by atoms with Crippen molar-refractivity contribution in [2.75, 3.05) is 0 Å². The predicted octanol–water partition coefficient (Wildman–Crippen LogP) is 5.75. The maximum absolute atomic E-state index is 11.4. The number of fused-ring (bicyclic) bond motifs is 20. The first-order valence-corrected chi connectivity index (χ1v) is 13.6. The number of H-pyrrole nitrogens is 2. The quantitative estimate of drug-likeness (QED) is 0.180. The molecular weight excluding hydrogens is 622 g/mol. The topological polar surface area (TPSA) is 135 Å². The van der Waals surface area contributed by atoms with Crippen molar-refractivity contribution < 1.29 is 26.3 Å². The Hall–Kier alpha value is -4.78. The Morgan fingerprint density at radius 3 is 1.38 bits per heavy atom. The molecule has 4 aromatic carbocycles. The second-order valence-corrected chi connectivity index (χ2v) is 10.1. The molecule has 5 heterocycles. The number of aromatic amines is 2. The molecule has 0 spiro atoms. The third-order valence-corrected chi connectivity index (χ3v) is 7.72. The van der Waals surface area contributed by atoms with Crippen LogP contribution < -0.4 is 4.74 Å². The molecule has 9 rings (SSSR count). The Kier molecular flexibility index (Phi) is 7.27. The van der Waals surface area contributed by atoms with E-state index in [0.717, 1.165) is 33.0 Å². The minimum atomic E-state index is 0. The summed E-state index contributed by atoms with van der Waals surface area (Å²) < 4.78 is 5.37. The molecule has 0 amide bonds. The monoisotopic (exact) mass is 641 g/mol. The molecule has 10 nitrogen and oxygen atoms in total. The second kappa shape index (κ2) is 11.3. The van der Waals surface area contributed by atoms with Gasteiger partial charge >= 0.3 is 29.6 Å². The molecule has 1 radical (unpaired) electrons. The van der Waals surface area contributed by atoms with Gasteiger partial charge in [-0.05, 0) is 6.07 Å². The molecule has 0 saturated heterocycles. The maximum atomic E-state index is 11.4. The number of hydrogen-bond donors (Lipinski definition) is 2. The number of nitrogens with zero attached hydrogens (tertiary/aromatic N) is 6. The Bertz CT molecular complexity index is 2490. The van der Waals surface area contributed by atoms with Crippen LogP contribution in [0.2, 0.25) is 0 Å². The molecule has 45 heavy (non-hydrogen) atoms. The van der Waals surface area contributed by atoms with Crippen LogP contribution in [0.25, 0.3) is 89.7 Å². The molecule has 2 N–H and O–H groups in total. The van der Waals surface area contributed by atoms with Crippen LogP contribution >= 0.6 is 0 Å². The average molecular weight is 641 g/mol. The van der Waals surface area contributed by atoms with Crippen LogP contribution in [0.3, 0.4) is 0 Å². The average Bonchev–Trinajstić information content (AvgIpc) is 3.77. The van der Waals surface area contributed by atoms with E-state index >= 15 is 0 Å². The molecule has 0 unspecified atom stereocenters. The van der Waals surface area contributed by atoms with Crippen LogP contribution in [0.1, 0.15) is 0 Å². The molecule has 213 valence electrons. The van der Waals surface area contributed by atoms with E-state index in [0.29, 0.717) is 68.9 Å². The number of nitrogens with one attached hydrogen (secondary N) is 2. The van der Waals surface area contributed by atoms with Crippen molar-refractivity contribution >= 4 is 80.2 Å². The van der Waals surface area contributed by atoms with Gasteiger partial charge in [0.1, 0.15) is 28.3 Å². The first-order valence-electron chi connectivity index (χ1n) is 13.6. The molecule has 0 aliphatic carbocycles. The molecule has 2 aliphatic rings. The van der Waals surface area contributed by atoms with Gasteiger partial charge in [0, 0.05) is 55.2 Å². The standard InChI is InChI=1S/C33H18N8O2.Co.Na.H/c42-16-43-24-15-7-14-23-25(24)33-40-31-22-13-6-5-12-21(22)29(38-31)36-27-18-9-2-1-8-17(18)26(34-27)35-28-19-10-3-4-11-20(19)30(37-28)39-32(23)41-33;;;/h1-16H,(H2,34,35,36,37,38,39,40,41);;;. The molecule has 0 fully saturated rings. The van der Waals surface area contributed by atoms with Gasteiger partial charge in [0.05, 0.1) is 5.39 Å². The van der Waals surface area contributed by atoms with E-state index in [2.05, 4.69) is 9.97 Å². The van der Waals surface area contributed by atoms with Crippen LogP contribution in [0.15, 0.2) is 91.0 Å². The summed E-state index contributed by atoms with van der Waals surface area (Å²) in [6.45, 7) is 0.403. The normalized spacial score (nSPS) is 11.3. The fourth-order valence-corrected chi connectivity index (χ4v) is 5.81. The zero-order valence-corrected chi connectivity index (χ0v) is 23.6. The summed E-state index contributed by atoms with van der Waals surface area (Å²) in [4.78, 5) is 47.9. The van der Waals surface area contributed by atoms with Crippen LogP contribution in [-0.2, 0) is 21.6 Å². The van der Waals surface area contributed by atoms with Crippen molar-refractivity contribution in [2.45, 2.75) is 0 Å². The minimum absolute atomic E-state index is 0. The predicted molar refractivity (Wildman–Crippen MR) is 170 cm³/mol. The second-order valence-electron chi connectivity index (χ2n) is 10.1. The first-order chi connectivity index (χ1) is 21.2. The third-order valence-electron chi connectivity index (χ3n) is 7.72. The number of ether oxygens (including phenoxy) is 1. The summed E-state index contributed by atoms with van der Waals surface area (Å²) in [5.41, 5.74) is 5.62. The number of carbonyl (C=O) groups excluding carboxylic acids is 1. The molecule has 8 bridgehead atoms. The summed E-state index contributed by atoms with van der Waals surface area (Å²) in [6.07, 6.45) is 0. The zero-order chi connectivity index (χ0) is 28.5. The summed E-state index contributed by atoms with van der Waals surface area (Å²) >= 11 is 0. The van der Waals surface area contributed by atoms with E-state index in [1.54, 1.807) is 12.1 Å². The van der Waals surface area contributed by atoms with Crippen LogP contribution in [0.5, 0.6) is 5.75 Å². The molecule has 0 saturated carbocycles. The van der Waals surface area contributed by atoms with Gasteiger partial charge in [0.15, 0.2) is 23.3 Å². The molecule has 3 aromatic heterocycles. The van der Waals surface area contributed by atoms with Gasteiger partial charge in [-0.15, -0.1) is 0 Å². The van der Waals surface area contributed by atoms with Crippen molar-refractivity contribution in [3.8, 4) is 51.3 Å².